The van der Waals surface area contributed by atoms with Gasteiger partial charge in [0.2, 0.25) is 0 Å². The SMILES string of the molecule is CC1CN(Cc2cn(-c3ccc(Cl)c(Cl)c3)nn2)C(C)CN1.Cl. The summed E-state index contributed by atoms with van der Waals surface area (Å²) in [6.45, 7) is 7.24. The number of nitrogens with zero attached hydrogens (tertiary/aromatic N) is 4. The quantitative estimate of drug-likeness (QED) is 0.893. The summed E-state index contributed by atoms with van der Waals surface area (Å²) in [6.07, 6.45) is 1.94. The fourth-order valence-corrected chi connectivity index (χ4v) is 2.94. The molecule has 126 valence electrons. The van der Waals surface area contributed by atoms with Crippen molar-refractivity contribution >= 4 is 35.6 Å². The Morgan fingerprint density at radius 3 is 2.78 bits per heavy atom. The molecule has 2 aromatic rings. The van der Waals surface area contributed by atoms with E-state index in [1.165, 1.54) is 0 Å². The van der Waals surface area contributed by atoms with Gasteiger partial charge in [0.1, 0.15) is 0 Å². The number of hydrogen-bond acceptors (Lipinski definition) is 4. The van der Waals surface area contributed by atoms with Crippen LogP contribution in [0.5, 0.6) is 0 Å². The number of nitrogens with one attached hydrogen (secondary N) is 1. The van der Waals surface area contributed by atoms with Crippen molar-refractivity contribution in [1.29, 1.82) is 0 Å². The maximum Gasteiger partial charge on any atom is 0.0971 e. The highest BCUT2D eigenvalue weighted by Crippen LogP contribution is 2.24. The van der Waals surface area contributed by atoms with Crippen LogP contribution < -0.4 is 5.32 Å². The van der Waals surface area contributed by atoms with Gasteiger partial charge in [-0.25, -0.2) is 4.68 Å². The van der Waals surface area contributed by atoms with Crippen LogP contribution in [0.2, 0.25) is 10.0 Å². The normalized spacial score (nSPS) is 21.9. The number of halogens is 3. The first kappa shape index (κ1) is 18.5. The Bertz CT molecular complexity index is 660. The van der Waals surface area contributed by atoms with E-state index in [2.05, 4.69) is 34.4 Å². The van der Waals surface area contributed by atoms with E-state index >= 15 is 0 Å². The van der Waals surface area contributed by atoms with Crippen LogP contribution in [-0.2, 0) is 6.54 Å². The molecule has 1 N–H and O–H groups in total. The summed E-state index contributed by atoms with van der Waals surface area (Å²) in [5.74, 6) is 0. The highest BCUT2D eigenvalue weighted by atomic mass is 35.5. The number of rotatable bonds is 3. The molecular weight excluding hydrogens is 357 g/mol. The van der Waals surface area contributed by atoms with Gasteiger partial charge in [0.15, 0.2) is 0 Å². The number of aromatic nitrogens is 3. The molecule has 0 aliphatic carbocycles. The summed E-state index contributed by atoms with van der Waals surface area (Å²) in [5, 5.41) is 13.0. The van der Waals surface area contributed by atoms with Gasteiger partial charge in [-0.1, -0.05) is 28.4 Å². The van der Waals surface area contributed by atoms with Crippen LogP contribution in [0.4, 0.5) is 0 Å². The van der Waals surface area contributed by atoms with Crippen molar-refractivity contribution in [3.05, 3.63) is 40.1 Å². The molecule has 0 amide bonds. The highest BCUT2D eigenvalue weighted by molar-refractivity contribution is 6.42. The zero-order valence-corrected chi connectivity index (χ0v) is 15.4. The molecule has 8 heteroatoms. The molecule has 0 radical (unpaired) electrons. The summed E-state index contributed by atoms with van der Waals surface area (Å²) >= 11 is 12.0. The van der Waals surface area contributed by atoms with Gasteiger partial charge in [-0.05, 0) is 32.0 Å². The van der Waals surface area contributed by atoms with Crippen LogP contribution in [-0.4, -0.2) is 45.1 Å². The smallest absolute Gasteiger partial charge is 0.0971 e. The van der Waals surface area contributed by atoms with E-state index in [1.807, 2.05) is 12.3 Å². The van der Waals surface area contributed by atoms with Crippen molar-refractivity contribution in [2.24, 2.45) is 0 Å². The summed E-state index contributed by atoms with van der Waals surface area (Å²) in [4.78, 5) is 2.42. The summed E-state index contributed by atoms with van der Waals surface area (Å²) < 4.78 is 1.73. The van der Waals surface area contributed by atoms with Gasteiger partial charge in [-0.2, -0.15) is 0 Å². The molecule has 5 nitrogen and oxygen atoms in total. The van der Waals surface area contributed by atoms with Crippen LogP contribution in [0.15, 0.2) is 24.4 Å². The molecule has 1 aliphatic heterocycles. The van der Waals surface area contributed by atoms with Crippen LogP contribution in [0, 0.1) is 0 Å². The lowest BCUT2D eigenvalue weighted by Gasteiger charge is -2.36. The van der Waals surface area contributed by atoms with E-state index in [0.29, 0.717) is 22.1 Å². The first-order valence-corrected chi connectivity index (χ1v) is 8.12. The maximum atomic E-state index is 6.05. The molecule has 0 saturated carbocycles. The highest BCUT2D eigenvalue weighted by Gasteiger charge is 2.23. The van der Waals surface area contributed by atoms with Crippen molar-refractivity contribution < 1.29 is 0 Å². The van der Waals surface area contributed by atoms with Gasteiger partial charge in [0.05, 0.1) is 27.6 Å². The Morgan fingerprint density at radius 1 is 1.26 bits per heavy atom. The van der Waals surface area contributed by atoms with Gasteiger partial charge in [0, 0.05) is 31.7 Å². The summed E-state index contributed by atoms with van der Waals surface area (Å²) in [6, 6.07) is 6.42. The average molecular weight is 377 g/mol. The first-order valence-electron chi connectivity index (χ1n) is 7.37. The molecule has 1 aromatic carbocycles. The Labute approximate surface area is 152 Å². The minimum atomic E-state index is 0. The number of piperazine rings is 1. The summed E-state index contributed by atoms with van der Waals surface area (Å²) in [7, 11) is 0. The Morgan fingerprint density at radius 2 is 2.04 bits per heavy atom. The number of hydrogen-bond donors (Lipinski definition) is 1. The second kappa shape index (κ2) is 7.81. The van der Waals surface area contributed by atoms with E-state index in [4.69, 9.17) is 23.2 Å². The average Bonchev–Trinajstić information content (AvgIpc) is 2.94. The molecule has 1 fully saturated rings. The zero-order chi connectivity index (χ0) is 15.7. The fraction of sp³-hybridized carbons (Fsp3) is 0.467. The van der Waals surface area contributed by atoms with E-state index in [0.717, 1.165) is 31.0 Å². The monoisotopic (exact) mass is 375 g/mol. The Kier molecular flexibility index (Phi) is 6.28. The van der Waals surface area contributed by atoms with Crippen molar-refractivity contribution in [3.8, 4) is 5.69 Å². The molecule has 1 saturated heterocycles. The fourth-order valence-electron chi connectivity index (χ4n) is 2.65. The third-order valence-corrected chi connectivity index (χ3v) is 4.71. The number of benzene rings is 1. The molecule has 2 heterocycles. The minimum absolute atomic E-state index is 0. The van der Waals surface area contributed by atoms with Crippen LogP contribution in [0.3, 0.4) is 0 Å². The van der Waals surface area contributed by atoms with Crippen molar-refractivity contribution in [1.82, 2.24) is 25.2 Å². The lowest BCUT2D eigenvalue weighted by Crippen LogP contribution is -2.53. The maximum absolute atomic E-state index is 6.05. The lowest BCUT2D eigenvalue weighted by molar-refractivity contribution is 0.137. The molecule has 0 spiro atoms. The predicted molar refractivity (Wildman–Crippen MR) is 96.0 cm³/mol. The van der Waals surface area contributed by atoms with Crippen LogP contribution >= 0.6 is 35.6 Å². The Hall–Kier alpha value is -0.850. The second-order valence-corrected chi connectivity index (χ2v) is 6.66. The zero-order valence-electron chi connectivity index (χ0n) is 13.0. The van der Waals surface area contributed by atoms with E-state index in [9.17, 15) is 0 Å². The molecule has 2 unspecified atom stereocenters. The standard InChI is InChI=1S/C15H19Cl2N5.ClH/c1-10-7-21(11(2)6-18-10)8-12-9-22(20-19-12)13-3-4-14(16)15(17)5-13;/h3-5,9-11,18H,6-8H2,1-2H3;1H. The van der Waals surface area contributed by atoms with Gasteiger partial charge in [-0.3, -0.25) is 4.90 Å². The predicted octanol–water partition coefficient (Wildman–Crippen LogP) is 3.18. The van der Waals surface area contributed by atoms with E-state index in [1.54, 1.807) is 16.8 Å². The molecule has 1 aliphatic rings. The van der Waals surface area contributed by atoms with Gasteiger partial charge < -0.3 is 5.32 Å². The lowest BCUT2D eigenvalue weighted by atomic mass is 10.1. The van der Waals surface area contributed by atoms with Crippen LogP contribution in [0.25, 0.3) is 5.69 Å². The molecule has 2 atom stereocenters. The third-order valence-electron chi connectivity index (χ3n) is 3.97. The first-order chi connectivity index (χ1) is 10.5. The van der Waals surface area contributed by atoms with E-state index in [-0.39, 0.29) is 12.4 Å². The van der Waals surface area contributed by atoms with Gasteiger partial charge in [0.25, 0.3) is 0 Å². The van der Waals surface area contributed by atoms with Crippen molar-refractivity contribution in [2.75, 3.05) is 13.1 Å². The van der Waals surface area contributed by atoms with Crippen molar-refractivity contribution in [2.45, 2.75) is 32.5 Å². The minimum Gasteiger partial charge on any atom is -0.311 e. The second-order valence-electron chi connectivity index (χ2n) is 5.84. The van der Waals surface area contributed by atoms with Gasteiger partial charge >= 0.3 is 0 Å². The van der Waals surface area contributed by atoms with Crippen molar-refractivity contribution in [3.63, 3.8) is 0 Å². The molecule has 0 bridgehead atoms. The molecule has 1 aromatic heterocycles. The molecular formula is C15H20Cl3N5. The largest absolute Gasteiger partial charge is 0.311 e. The van der Waals surface area contributed by atoms with Gasteiger partial charge in [-0.15, -0.1) is 17.5 Å². The third kappa shape index (κ3) is 4.37. The van der Waals surface area contributed by atoms with E-state index < -0.39 is 0 Å². The van der Waals surface area contributed by atoms with Crippen LogP contribution in [0.1, 0.15) is 19.5 Å². The molecule has 23 heavy (non-hydrogen) atoms. The summed E-state index contributed by atoms with van der Waals surface area (Å²) in [5.41, 5.74) is 1.81. The topological polar surface area (TPSA) is 46.0 Å². The Balaban J connectivity index is 0.00000192. The molecule has 3 rings (SSSR count).